The van der Waals surface area contributed by atoms with E-state index in [0.29, 0.717) is 0 Å². The molecule has 2 rings (SSSR count). The Morgan fingerprint density at radius 3 is 2.06 bits per heavy atom. The summed E-state index contributed by atoms with van der Waals surface area (Å²) in [5, 5.41) is 0. The quantitative estimate of drug-likeness (QED) is 0.877. The van der Waals surface area contributed by atoms with Crippen LogP contribution in [-0.2, 0) is 6.42 Å². The molecule has 2 aromatic rings. The third-order valence-corrected chi connectivity index (χ3v) is 2.84. The van der Waals surface area contributed by atoms with Crippen molar-refractivity contribution in [3.05, 3.63) is 60.2 Å². The van der Waals surface area contributed by atoms with Gasteiger partial charge in [0.2, 0.25) is 0 Å². The lowest BCUT2D eigenvalue weighted by molar-refractivity contribution is 0.256. The summed E-state index contributed by atoms with van der Waals surface area (Å²) in [5.41, 5.74) is 8.25. The Morgan fingerprint density at radius 1 is 1.00 bits per heavy atom. The number of aryl methyl sites for hydroxylation is 1. The van der Waals surface area contributed by atoms with E-state index in [-0.39, 0.29) is 0 Å². The first kappa shape index (κ1) is 12.2. The molecule has 92 valence electrons. The fourth-order valence-electron chi connectivity index (χ4n) is 1.86. The molecule has 2 amide bonds. The third-order valence-electron chi connectivity index (χ3n) is 2.84. The number of amides is 2. The molecule has 0 saturated carbocycles. The third kappa shape index (κ3) is 2.51. The molecule has 2 aromatic carbocycles. The van der Waals surface area contributed by atoms with E-state index >= 15 is 0 Å². The number of benzene rings is 2. The number of nitrogens with two attached hydrogens (primary N) is 1. The van der Waals surface area contributed by atoms with Gasteiger partial charge < -0.3 is 5.73 Å². The van der Waals surface area contributed by atoms with Crippen molar-refractivity contribution in [1.82, 2.24) is 0 Å². The molecular formula is C15H16N2O. The van der Waals surface area contributed by atoms with Gasteiger partial charge in [0, 0.05) is 0 Å². The number of hydrogen-bond acceptors (Lipinski definition) is 1. The lowest BCUT2D eigenvalue weighted by Gasteiger charge is -2.20. The SMILES string of the molecule is CCc1ccc(N(C(N)=O)c2ccccc2)cc1. The van der Waals surface area contributed by atoms with E-state index in [4.69, 9.17) is 5.73 Å². The molecule has 0 saturated heterocycles. The van der Waals surface area contributed by atoms with Crippen molar-refractivity contribution >= 4 is 17.4 Å². The van der Waals surface area contributed by atoms with Crippen molar-refractivity contribution in [1.29, 1.82) is 0 Å². The van der Waals surface area contributed by atoms with Gasteiger partial charge in [0.1, 0.15) is 0 Å². The minimum Gasteiger partial charge on any atom is -0.351 e. The smallest absolute Gasteiger partial charge is 0.323 e. The number of urea groups is 1. The van der Waals surface area contributed by atoms with Gasteiger partial charge in [0.25, 0.3) is 0 Å². The lowest BCUT2D eigenvalue weighted by atomic mass is 10.1. The van der Waals surface area contributed by atoms with Gasteiger partial charge >= 0.3 is 6.03 Å². The van der Waals surface area contributed by atoms with Gasteiger partial charge in [-0.3, -0.25) is 4.90 Å². The standard InChI is InChI=1S/C15H16N2O/c1-2-12-8-10-14(11-9-12)17(15(16)18)13-6-4-3-5-7-13/h3-11H,2H2,1H3,(H2,16,18). The first-order valence-electron chi connectivity index (χ1n) is 5.96. The van der Waals surface area contributed by atoms with Gasteiger partial charge in [-0.25, -0.2) is 4.79 Å². The summed E-state index contributed by atoms with van der Waals surface area (Å²) >= 11 is 0. The Labute approximate surface area is 107 Å². The highest BCUT2D eigenvalue weighted by molar-refractivity contribution is 5.98. The Kier molecular flexibility index (Phi) is 3.63. The van der Waals surface area contributed by atoms with Crippen molar-refractivity contribution in [2.75, 3.05) is 4.90 Å². The summed E-state index contributed by atoms with van der Waals surface area (Å²) in [5.74, 6) is 0. The maximum Gasteiger partial charge on any atom is 0.323 e. The van der Waals surface area contributed by atoms with Crippen molar-refractivity contribution in [2.45, 2.75) is 13.3 Å². The van der Waals surface area contributed by atoms with Crippen LogP contribution in [0.5, 0.6) is 0 Å². The highest BCUT2D eigenvalue weighted by Crippen LogP contribution is 2.25. The van der Waals surface area contributed by atoms with E-state index in [1.807, 2.05) is 54.6 Å². The van der Waals surface area contributed by atoms with Crippen LogP contribution in [0, 0.1) is 0 Å². The van der Waals surface area contributed by atoms with E-state index in [2.05, 4.69) is 6.92 Å². The summed E-state index contributed by atoms with van der Waals surface area (Å²) in [4.78, 5) is 13.1. The number of rotatable bonds is 3. The Morgan fingerprint density at radius 2 is 1.56 bits per heavy atom. The molecule has 3 nitrogen and oxygen atoms in total. The molecule has 0 aliphatic carbocycles. The van der Waals surface area contributed by atoms with Crippen LogP contribution < -0.4 is 10.6 Å². The molecule has 18 heavy (non-hydrogen) atoms. The number of nitrogens with zero attached hydrogens (tertiary/aromatic N) is 1. The Bertz CT molecular complexity index is 520. The van der Waals surface area contributed by atoms with Crippen LogP contribution in [0.3, 0.4) is 0 Å². The van der Waals surface area contributed by atoms with Gasteiger partial charge in [0.15, 0.2) is 0 Å². The molecule has 0 aromatic heterocycles. The van der Waals surface area contributed by atoms with Gasteiger partial charge in [-0.05, 0) is 36.2 Å². The average Bonchev–Trinajstić information content (AvgIpc) is 2.40. The monoisotopic (exact) mass is 240 g/mol. The molecule has 0 fully saturated rings. The van der Waals surface area contributed by atoms with Crippen molar-refractivity contribution in [3.63, 3.8) is 0 Å². The zero-order valence-corrected chi connectivity index (χ0v) is 10.3. The van der Waals surface area contributed by atoms with Gasteiger partial charge in [-0.15, -0.1) is 0 Å². The molecule has 0 radical (unpaired) electrons. The minimum atomic E-state index is -0.481. The van der Waals surface area contributed by atoms with Crippen molar-refractivity contribution in [3.8, 4) is 0 Å². The fourth-order valence-corrected chi connectivity index (χ4v) is 1.86. The largest absolute Gasteiger partial charge is 0.351 e. The van der Waals surface area contributed by atoms with Crippen LogP contribution in [0.1, 0.15) is 12.5 Å². The Hall–Kier alpha value is -2.29. The van der Waals surface area contributed by atoms with E-state index in [9.17, 15) is 4.79 Å². The van der Waals surface area contributed by atoms with Crippen LogP contribution >= 0.6 is 0 Å². The second kappa shape index (κ2) is 5.36. The molecule has 0 unspecified atom stereocenters. The Balaban J connectivity index is 2.39. The highest BCUT2D eigenvalue weighted by atomic mass is 16.2. The lowest BCUT2D eigenvalue weighted by Crippen LogP contribution is -2.31. The predicted octanol–water partition coefficient (Wildman–Crippen LogP) is 3.47. The topological polar surface area (TPSA) is 46.3 Å². The van der Waals surface area contributed by atoms with Gasteiger partial charge in [-0.2, -0.15) is 0 Å². The molecule has 0 bridgehead atoms. The number of primary amides is 1. The summed E-state index contributed by atoms with van der Waals surface area (Å²) < 4.78 is 0. The van der Waals surface area contributed by atoms with E-state index < -0.39 is 6.03 Å². The van der Waals surface area contributed by atoms with E-state index in [1.54, 1.807) is 0 Å². The first-order valence-corrected chi connectivity index (χ1v) is 5.96. The molecule has 0 aliphatic rings. The zero-order valence-electron chi connectivity index (χ0n) is 10.3. The van der Waals surface area contributed by atoms with Crippen LogP contribution in [0.4, 0.5) is 16.2 Å². The van der Waals surface area contributed by atoms with Gasteiger partial charge in [0.05, 0.1) is 11.4 Å². The number of carbonyl (C=O) groups excluding carboxylic acids is 1. The maximum absolute atomic E-state index is 11.6. The summed E-state index contributed by atoms with van der Waals surface area (Å²) in [6.07, 6.45) is 0.974. The van der Waals surface area contributed by atoms with Crippen LogP contribution in [0.25, 0.3) is 0 Å². The summed E-state index contributed by atoms with van der Waals surface area (Å²) in [7, 11) is 0. The number of carbonyl (C=O) groups is 1. The minimum absolute atomic E-state index is 0.481. The van der Waals surface area contributed by atoms with E-state index in [1.165, 1.54) is 10.5 Å². The maximum atomic E-state index is 11.6. The first-order chi connectivity index (χ1) is 8.72. The summed E-state index contributed by atoms with van der Waals surface area (Å²) in [6, 6.07) is 16.7. The van der Waals surface area contributed by atoms with Crippen molar-refractivity contribution in [2.24, 2.45) is 5.73 Å². The van der Waals surface area contributed by atoms with Gasteiger partial charge in [-0.1, -0.05) is 37.3 Å². The fraction of sp³-hybridized carbons (Fsp3) is 0.133. The van der Waals surface area contributed by atoms with Crippen LogP contribution in [0.2, 0.25) is 0 Å². The zero-order chi connectivity index (χ0) is 13.0. The second-order valence-electron chi connectivity index (χ2n) is 4.03. The molecule has 2 N–H and O–H groups in total. The van der Waals surface area contributed by atoms with Crippen LogP contribution in [0.15, 0.2) is 54.6 Å². The molecule has 3 heteroatoms. The average molecular weight is 240 g/mol. The number of para-hydroxylation sites is 1. The number of hydrogen-bond donors (Lipinski definition) is 1. The molecular weight excluding hydrogens is 224 g/mol. The molecule has 0 aliphatic heterocycles. The number of anilines is 2. The summed E-state index contributed by atoms with van der Waals surface area (Å²) in [6.45, 7) is 2.10. The van der Waals surface area contributed by atoms with Crippen molar-refractivity contribution < 1.29 is 4.79 Å². The normalized spacial score (nSPS) is 10.1. The van der Waals surface area contributed by atoms with Crippen LogP contribution in [-0.4, -0.2) is 6.03 Å². The van der Waals surface area contributed by atoms with E-state index in [0.717, 1.165) is 17.8 Å². The molecule has 0 atom stereocenters. The predicted molar refractivity (Wildman–Crippen MR) is 74.0 cm³/mol. The highest BCUT2D eigenvalue weighted by Gasteiger charge is 2.13. The molecule has 0 heterocycles. The molecule has 0 spiro atoms. The second-order valence-corrected chi connectivity index (χ2v) is 4.03.